The molecule has 0 radical (unpaired) electrons. The van der Waals surface area contributed by atoms with Crippen LogP contribution in [0.2, 0.25) is 0 Å². The van der Waals surface area contributed by atoms with E-state index in [-0.39, 0.29) is 11.4 Å². The topological polar surface area (TPSA) is 88.1 Å². The number of phenols is 1. The average molecular weight is 271 g/mol. The Bertz CT molecular complexity index is 696. The van der Waals surface area contributed by atoms with Gasteiger partial charge in [-0.05, 0) is 37.1 Å². The minimum absolute atomic E-state index is 0.0161. The Labute approximate surface area is 115 Å². The first-order valence-corrected chi connectivity index (χ1v) is 5.94. The highest BCUT2D eigenvalue weighted by Crippen LogP contribution is 2.31. The maximum Gasteiger partial charge on any atom is 0.271 e. The molecule has 0 unspecified atom stereocenters. The highest BCUT2D eigenvalue weighted by molar-refractivity contribution is 5.55. The molecular formula is C14H13N3O3. The van der Waals surface area contributed by atoms with E-state index in [1.165, 1.54) is 18.2 Å². The van der Waals surface area contributed by atoms with Gasteiger partial charge in [-0.3, -0.25) is 10.1 Å². The van der Waals surface area contributed by atoms with E-state index >= 15 is 0 Å². The van der Waals surface area contributed by atoms with Crippen LogP contribution in [-0.2, 0) is 0 Å². The quantitative estimate of drug-likeness (QED) is 0.511. The molecule has 0 heterocycles. The van der Waals surface area contributed by atoms with Crippen molar-refractivity contribution in [2.24, 2.45) is 10.2 Å². The number of benzene rings is 2. The average Bonchev–Trinajstić information content (AvgIpc) is 2.41. The molecule has 6 nitrogen and oxygen atoms in total. The molecule has 2 aromatic rings. The Morgan fingerprint density at radius 2 is 1.75 bits per heavy atom. The van der Waals surface area contributed by atoms with Crippen LogP contribution in [0.15, 0.2) is 46.6 Å². The third-order valence-electron chi connectivity index (χ3n) is 2.80. The summed E-state index contributed by atoms with van der Waals surface area (Å²) in [5.41, 5.74) is 2.40. The van der Waals surface area contributed by atoms with Gasteiger partial charge >= 0.3 is 0 Å². The van der Waals surface area contributed by atoms with Gasteiger partial charge in [-0.25, -0.2) is 0 Å². The fraction of sp³-hybridized carbons (Fsp3) is 0.143. The Kier molecular flexibility index (Phi) is 3.74. The number of nitro benzene ring substituents is 1. The molecule has 0 aliphatic carbocycles. The molecule has 0 fully saturated rings. The van der Waals surface area contributed by atoms with Gasteiger partial charge in [0, 0.05) is 12.1 Å². The van der Waals surface area contributed by atoms with Crippen molar-refractivity contribution in [3.63, 3.8) is 0 Å². The molecule has 20 heavy (non-hydrogen) atoms. The summed E-state index contributed by atoms with van der Waals surface area (Å²) in [6.45, 7) is 3.66. The maximum absolute atomic E-state index is 10.7. The molecule has 0 aromatic heterocycles. The standard InChI is InChI=1S/C14H13N3O3/c1-9-3-6-14(18)13(7-9)16-15-12-8-11(17(19)20)5-4-10(12)2/h3-8,18H,1-2H3. The summed E-state index contributed by atoms with van der Waals surface area (Å²) < 4.78 is 0. The van der Waals surface area contributed by atoms with E-state index in [2.05, 4.69) is 10.2 Å². The second kappa shape index (κ2) is 5.48. The number of non-ortho nitro benzene ring substituents is 1. The third kappa shape index (κ3) is 2.97. The SMILES string of the molecule is Cc1ccc(O)c(N=Nc2cc([N+](=O)[O-])ccc2C)c1. The van der Waals surface area contributed by atoms with Crippen molar-refractivity contribution in [3.8, 4) is 5.75 Å². The van der Waals surface area contributed by atoms with E-state index in [0.29, 0.717) is 11.4 Å². The monoisotopic (exact) mass is 271 g/mol. The molecule has 0 aliphatic heterocycles. The maximum atomic E-state index is 10.7. The van der Waals surface area contributed by atoms with E-state index in [0.717, 1.165) is 11.1 Å². The zero-order valence-corrected chi connectivity index (χ0v) is 11.1. The molecular weight excluding hydrogens is 258 g/mol. The number of nitro groups is 1. The lowest BCUT2D eigenvalue weighted by molar-refractivity contribution is -0.384. The summed E-state index contributed by atoms with van der Waals surface area (Å²) in [6, 6.07) is 9.36. The van der Waals surface area contributed by atoms with Gasteiger partial charge < -0.3 is 5.11 Å². The number of aromatic hydroxyl groups is 1. The van der Waals surface area contributed by atoms with Crippen LogP contribution in [-0.4, -0.2) is 10.0 Å². The second-order valence-electron chi connectivity index (χ2n) is 4.42. The summed E-state index contributed by atoms with van der Waals surface area (Å²) in [7, 11) is 0. The van der Waals surface area contributed by atoms with Crippen LogP contribution in [0.4, 0.5) is 17.1 Å². The summed E-state index contributed by atoms with van der Waals surface area (Å²) in [6.07, 6.45) is 0. The third-order valence-corrected chi connectivity index (χ3v) is 2.80. The molecule has 0 saturated heterocycles. The van der Waals surface area contributed by atoms with Gasteiger partial charge in [-0.2, -0.15) is 0 Å². The van der Waals surface area contributed by atoms with E-state index in [1.54, 1.807) is 25.1 Å². The van der Waals surface area contributed by atoms with Crippen molar-refractivity contribution < 1.29 is 10.0 Å². The van der Waals surface area contributed by atoms with Crippen molar-refractivity contribution in [1.29, 1.82) is 0 Å². The lowest BCUT2D eigenvalue weighted by Gasteiger charge is -2.01. The normalized spacial score (nSPS) is 10.9. The fourth-order valence-corrected chi connectivity index (χ4v) is 1.64. The molecule has 0 spiro atoms. The van der Waals surface area contributed by atoms with E-state index in [9.17, 15) is 15.2 Å². The molecule has 2 rings (SSSR count). The lowest BCUT2D eigenvalue weighted by Crippen LogP contribution is -1.87. The molecule has 0 atom stereocenters. The number of azo groups is 1. The molecule has 0 saturated carbocycles. The van der Waals surface area contributed by atoms with Gasteiger partial charge in [0.25, 0.3) is 5.69 Å². The minimum atomic E-state index is -0.484. The van der Waals surface area contributed by atoms with Crippen LogP contribution in [0.3, 0.4) is 0 Å². The molecule has 0 amide bonds. The highest BCUT2D eigenvalue weighted by atomic mass is 16.6. The van der Waals surface area contributed by atoms with Gasteiger partial charge in [-0.1, -0.05) is 12.1 Å². The summed E-state index contributed by atoms with van der Waals surface area (Å²) in [5, 5.41) is 28.3. The Balaban J connectivity index is 2.38. The van der Waals surface area contributed by atoms with Gasteiger partial charge in [0.1, 0.15) is 11.4 Å². The number of nitrogens with zero attached hydrogens (tertiary/aromatic N) is 3. The van der Waals surface area contributed by atoms with Crippen molar-refractivity contribution in [2.75, 3.05) is 0 Å². The van der Waals surface area contributed by atoms with Gasteiger partial charge in [0.05, 0.1) is 10.6 Å². The molecule has 0 bridgehead atoms. The zero-order chi connectivity index (χ0) is 14.7. The first-order chi connectivity index (χ1) is 9.47. The zero-order valence-electron chi connectivity index (χ0n) is 11.1. The Morgan fingerprint density at radius 3 is 2.45 bits per heavy atom. The predicted octanol–water partition coefficient (Wildman–Crippen LogP) is 4.33. The molecule has 1 N–H and O–H groups in total. The van der Waals surface area contributed by atoms with E-state index < -0.39 is 4.92 Å². The predicted molar refractivity (Wildman–Crippen MR) is 74.9 cm³/mol. The second-order valence-corrected chi connectivity index (χ2v) is 4.42. The van der Waals surface area contributed by atoms with Crippen molar-refractivity contribution in [2.45, 2.75) is 13.8 Å². The Hall–Kier alpha value is -2.76. The molecule has 0 aliphatic rings. The summed E-state index contributed by atoms with van der Waals surface area (Å²) in [4.78, 5) is 10.2. The first kappa shape index (κ1) is 13.7. The minimum Gasteiger partial charge on any atom is -0.506 e. The number of aryl methyl sites for hydroxylation is 2. The summed E-state index contributed by atoms with van der Waals surface area (Å²) in [5.74, 6) is 0.0161. The Morgan fingerprint density at radius 1 is 1.05 bits per heavy atom. The smallest absolute Gasteiger partial charge is 0.271 e. The van der Waals surface area contributed by atoms with Crippen LogP contribution < -0.4 is 0 Å². The number of hydrogen-bond donors (Lipinski definition) is 1. The van der Waals surface area contributed by atoms with Gasteiger partial charge in [-0.15, -0.1) is 10.2 Å². The number of hydrogen-bond acceptors (Lipinski definition) is 5. The van der Waals surface area contributed by atoms with E-state index in [4.69, 9.17) is 0 Å². The highest BCUT2D eigenvalue weighted by Gasteiger charge is 2.08. The van der Waals surface area contributed by atoms with Crippen LogP contribution in [0.5, 0.6) is 5.75 Å². The van der Waals surface area contributed by atoms with Crippen LogP contribution in [0.1, 0.15) is 11.1 Å². The molecule has 6 heteroatoms. The van der Waals surface area contributed by atoms with Crippen LogP contribution in [0, 0.1) is 24.0 Å². The van der Waals surface area contributed by atoms with Crippen molar-refractivity contribution >= 4 is 17.1 Å². The van der Waals surface area contributed by atoms with Crippen molar-refractivity contribution in [1.82, 2.24) is 0 Å². The van der Waals surface area contributed by atoms with Crippen LogP contribution in [0.25, 0.3) is 0 Å². The number of phenolic OH excluding ortho intramolecular Hbond substituents is 1. The fourth-order valence-electron chi connectivity index (χ4n) is 1.64. The number of rotatable bonds is 3. The van der Waals surface area contributed by atoms with Gasteiger partial charge in [0.2, 0.25) is 0 Å². The largest absolute Gasteiger partial charge is 0.506 e. The van der Waals surface area contributed by atoms with Crippen LogP contribution >= 0.6 is 0 Å². The molecule has 102 valence electrons. The summed E-state index contributed by atoms with van der Waals surface area (Å²) >= 11 is 0. The van der Waals surface area contributed by atoms with Crippen molar-refractivity contribution in [3.05, 3.63) is 57.6 Å². The first-order valence-electron chi connectivity index (χ1n) is 5.94. The molecule has 2 aromatic carbocycles. The lowest BCUT2D eigenvalue weighted by atomic mass is 10.2. The van der Waals surface area contributed by atoms with Gasteiger partial charge in [0.15, 0.2) is 0 Å². The van der Waals surface area contributed by atoms with E-state index in [1.807, 2.05) is 6.92 Å².